The predicted molar refractivity (Wildman–Crippen MR) is 108 cm³/mol. The second-order valence-electron chi connectivity index (χ2n) is 7.08. The molecule has 1 fully saturated rings. The molecule has 1 amide bonds. The molecule has 28 heavy (non-hydrogen) atoms. The molecule has 3 aromatic carbocycles. The maximum atomic E-state index is 12.9. The van der Waals surface area contributed by atoms with Gasteiger partial charge in [0.05, 0.1) is 20.3 Å². The molecule has 0 bridgehead atoms. The molecule has 5 nitrogen and oxygen atoms in total. The molecule has 3 aromatic rings. The molecule has 0 saturated carbocycles. The summed E-state index contributed by atoms with van der Waals surface area (Å²) in [4.78, 5) is 14.7. The zero-order valence-electron chi connectivity index (χ0n) is 16.0. The Kier molecular flexibility index (Phi) is 4.92. The van der Waals surface area contributed by atoms with E-state index in [0.717, 1.165) is 27.6 Å². The van der Waals surface area contributed by atoms with Gasteiger partial charge in [0, 0.05) is 12.1 Å². The lowest BCUT2D eigenvalue weighted by Crippen LogP contribution is -2.42. The molecule has 0 radical (unpaired) electrons. The maximum Gasteiger partial charge on any atom is 0.254 e. The molecule has 1 atom stereocenters. The van der Waals surface area contributed by atoms with Gasteiger partial charge >= 0.3 is 0 Å². The molecule has 0 aromatic heterocycles. The van der Waals surface area contributed by atoms with Crippen LogP contribution in [0.4, 0.5) is 0 Å². The summed E-state index contributed by atoms with van der Waals surface area (Å²) in [7, 11) is 1.66. The van der Waals surface area contributed by atoms with Crippen molar-refractivity contribution >= 4 is 16.7 Å². The first-order chi connectivity index (χ1) is 13.5. The van der Waals surface area contributed by atoms with E-state index >= 15 is 0 Å². The van der Waals surface area contributed by atoms with Crippen LogP contribution in [-0.4, -0.2) is 42.7 Å². The van der Waals surface area contributed by atoms with E-state index < -0.39 is 0 Å². The summed E-state index contributed by atoms with van der Waals surface area (Å²) in [5, 5.41) is 12.1. The first-order valence-corrected chi connectivity index (χ1v) is 9.33. The fourth-order valence-corrected chi connectivity index (χ4v) is 3.53. The molecule has 1 N–H and O–H groups in total. The monoisotopic (exact) mass is 377 g/mol. The van der Waals surface area contributed by atoms with E-state index in [2.05, 4.69) is 12.1 Å². The zero-order valence-corrected chi connectivity index (χ0v) is 16.0. The van der Waals surface area contributed by atoms with Gasteiger partial charge in [-0.3, -0.25) is 4.79 Å². The normalized spacial score (nSPS) is 16.9. The number of hydrogen-bond donors (Lipinski definition) is 1. The number of hydrogen-bond acceptors (Lipinski definition) is 4. The van der Waals surface area contributed by atoms with Crippen molar-refractivity contribution in [2.75, 3.05) is 26.8 Å². The summed E-state index contributed by atoms with van der Waals surface area (Å²) in [5.41, 5.74) is 2.29. The Labute approximate surface area is 164 Å². The number of morpholine rings is 1. The fraction of sp³-hybridized carbons (Fsp3) is 0.261. The molecular formula is C23H23NO4. The Hall–Kier alpha value is -3.05. The third-order valence-electron chi connectivity index (χ3n) is 5.25. The van der Waals surface area contributed by atoms with E-state index in [0.29, 0.717) is 25.3 Å². The molecule has 1 aliphatic heterocycles. The number of methoxy groups -OCH3 is 1. The summed E-state index contributed by atoms with van der Waals surface area (Å²) < 4.78 is 11.2. The second kappa shape index (κ2) is 7.52. The summed E-state index contributed by atoms with van der Waals surface area (Å²) in [6.45, 7) is 3.31. The highest BCUT2D eigenvalue weighted by molar-refractivity contribution is 5.95. The fourth-order valence-electron chi connectivity index (χ4n) is 3.53. The number of aryl methyl sites for hydroxylation is 1. The molecule has 0 aliphatic carbocycles. The predicted octanol–water partition coefficient (Wildman–Crippen LogP) is 4.08. The van der Waals surface area contributed by atoms with Crippen molar-refractivity contribution < 1.29 is 19.4 Å². The number of ether oxygens (including phenoxy) is 2. The number of rotatable bonds is 3. The van der Waals surface area contributed by atoms with Gasteiger partial charge in [-0.25, -0.2) is 0 Å². The highest BCUT2D eigenvalue weighted by atomic mass is 16.5. The SMILES string of the molecule is COc1ccc2cc([C@H]3CN(C(=O)c4ccc(C)c(O)c4)CCO3)ccc2c1. The number of phenolic OH excluding ortho intramolecular Hbond substituents is 1. The molecular weight excluding hydrogens is 354 g/mol. The number of nitrogens with zero attached hydrogens (tertiary/aromatic N) is 1. The largest absolute Gasteiger partial charge is 0.508 e. The Morgan fingerprint density at radius 3 is 2.68 bits per heavy atom. The molecule has 4 rings (SSSR count). The Balaban J connectivity index is 1.55. The van der Waals surface area contributed by atoms with Crippen LogP contribution in [0.5, 0.6) is 11.5 Å². The summed E-state index contributed by atoms with van der Waals surface area (Å²) in [6.07, 6.45) is -0.178. The third kappa shape index (κ3) is 3.53. The minimum absolute atomic E-state index is 0.0888. The van der Waals surface area contributed by atoms with Crippen LogP contribution in [0.3, 0.4) is 0 Å². The van der Waals surface area contributed by atoms with Crippen LogP contribution in [-0.2, 0) is 4.74 Å². The smallest absolute Gasteiger partial charge is 0.254 e. The lowest BCUT2D eigenvalue weighted by Gasteiger charge is -2.33. The molecule has 1 aliphatic rings. The summed E-state index contributed by atoms with van der Waals surface area (Å²) in [6, 6.07) is 17.2. The quantitative estimate of drug-likeness (QED) is 0.747. The Morgan fingerprint density at radius 2 is 1.89 bits per heavy atom. The summed E-state index contributed by atoms with van der Waals surface area (Å²) >= 11 is 0. The number of aromatic hydroxyl groups is 1. The van der Waals surface area contributed by atoms with E-state index in [1.165, 1.54) is 6.07 Å². The van der Waals surface area contributed by atoms with E-state index in [9.17, 15) is 9.90 Å². The minimum Gasteiger partial charge on any atom is -0.508 e. The van der Waals surface area contributed by atoms with Crippen molar-refractivity contribution in [3.05, 3.63) is 71.3 Å². The molecule has 0 unspecified atom stereocenters. The molecule has 1 heterocycles. The maximum absolute atomic E-state index is 12.9. The van der Waals surface area contributed by atoms with Crippen LogP contribution in [0, 0.1) is 6.92 Å². The minimum atomic E-state index is -0.178. The van der Waals surface area contributed by atoms with Gasteiger partial charge in [-0.2, -0.15) is 0 Å². The van der Waals surface area contributed by atoms with Gasteiger partial charge in [-0.1, -0.05) is 24.3 Å². The van der Waals surface area contributed by atoms with Crippen molar-refractivity contribution in [2.24, 2.45) is 0 Å². The van der Waals surface area contributed by atoms with Crippen molar-refractivity contribution in [3.8, 4) is 11.5 Å². The Morgan fingerprint density at radius 1 is 1.11 bits per heavy atom. The van der Waals surface area contributed by atoms with Crippen LogP contribution in [0.25, 0.3) is 10.8 Å². The van der Waals surface area contributed by atoms with Gasteiger partial charge in [-0.15, -0.1) is 0 Å². The van der Waals surface area contributed by atoms with Gasteiger partial charge in [0.25, 0.3) is 5.91 Å². The number of carbonyl (C=O) groups is 1. The van der Waals surface area contributed by atoms with Gasteiger partial charge in [0.15, 0.2) is 0 Å². The van der Waals surface area contributed by atoms with Crippen LogP contribution >= 0.6 is 0 Å². The Bertz CT molecular complexity index is 1030. The van der Waals surface area contributed by atoms with Crippen molar-refractivity contribution in [1.82, 2.24) is 4.90 Å². The van der Waals surface area contributed by atoms with E-state index in [1.54, 1.807) is 24.1 Å². The van der Waals surface area contributed by atoms with E-state index in [4.69, 9.17) is 9.47 Å². The van der Waals surface area contributed by atoms with Crippen LogP contribution < -0.4 is 4.74 Å². The third-order valence-corrected chi connectivity index (χ3v) is 5.25. The number of phenols is 1. The number of amides is 1. The summed E-state index contributed by atoms with van der Waals surface area (Å²) in [5.74, 6) is 0.877. The average molecular weight is 377 g/mol. The second-order valence-corrected chi connectivity index (χ2v) is 7.08. The number of benzene rings is 3. The average Bonchev–Trinajstić information content (AvgIpc) is 2.74. The zero-order chi connectivity index (χ0) is 19.7. The highest BCUT2D eigenvalue weighted by Gasteiger charge is 2.26. The lowest BCUT2D eigenvalue weighted by molar-refractivity contribution is -0.0227. The first kappa shape index (κ1) is 18.3. The van der Waals surface area contributed by atoms with E-state index in [-0.39, 0.29) is 17.8 Å². The van der Waals surface area contributed by atoms with E-state index in [1.807, 2.05) is 31.2 Å². The number of fused-ring (bicyclic) bond motifs is 1. The lowest BCUT2D eigenvalue weighted by atomic mass is 10.0. The topological polar surface area (TPSA) is 59.0 Å². The molecule has 1 saturated heterocycles. The first-order valence-electron chi connectivity index (χ1n) is 9.33. The van der Waals surface area contributed by atoms with Crippen LogP contribution in [0.1, 0.15) is 27.6 Å². The highest BCUT2D eigenvalue weighted by Crippen LogP contribution is 2.28. The van der Waals surface area contributed by atoms with Gasteiger partial charge < -0.3 is 19.5 Å². The number of carbonyl (C=O) groups excluding carboxylic acids is 1. The molecule has 144 valence electrons. The molecule has 0 spiro atoms. The van der Waals surface area contributed by atoms with Crippen molar-refractivity contribution in [1.29, 1.82) is 0 Å². The standard InChI is InChI=1S/C23H23NO4/c1-15-3-4-19(13-21(15)25)23(26)24-9-10-28-22(14-24)18-6-5-17-12-20(27-2)8-7-16(17)11-18/h3-8,11-13,22,25H,9-10,14H2,1-2H3/t22-/m1/s1. The van der Waals surface area contributed by atoms with Crippen molar-refractivity contribution in [2.45, 2.75) is 13.0 Å². The van der Waals surface area contributed by atoms with Crippen LogP contribution in [0.2, 0.25) is 0 Å². The molecule has 5 heteroatoms. The van der Waals surface area contributed by atoms with Gasteiger partial charge in [0.2, 0.25) is 0 Å². The van der Waals surface area contributed by atoms with Crippen molar-refractivity contribution in [3.63, 3.8) is 0 Å². The van der Waals surface area contributed by atoms with Crippen LogP contribution in [0.15, 0.2) is 54.6 Å². The van der Waals surface area contributed by atoms with Gasteiger partial charge in [-0.05, 0) is 59.2 Å². The van der Waals surface area contributed by atoms with Gasteiger partial charge in [0.1, 0.15) is 17.6 Å².